The Morgan fingerprint density at radius 2 is 1.85 bits per heavy atom. The van der Waals surface area contributed by atoms with Gasteiger partial charge >= 0.3 is 12.0 Å². The highest BCUT2D eigenvalue weighted by atomic mass is 32.2. The lowest BCUT2D eigenvalue weighted by atomic mass is 9.85. The van der Waals surface area contributed by atoms with E-state index in [0.29, 0.717) is 17.8 Å². The highest BCUT2D eigenvalue weighted by molar-refractivity contribution is 7.98. The second-order valence-electron chi connectivity index (χ2n) is 4.88. The predicted molar refractivity (Wildman–Crippen MR) is 82.5 cm³/mol. The molecular formula is C14H20N2O3S. The molecule has 0 aliphatic heterocycles. The van der Waals surface area contributed by atoms with Gasteiger partial charge in [0.2, 0.25) is 0 Å². The van der Waals surface area contributed by atoms with Crippen LogP contribution in [0.3, 0.4) is 0 Å². The van der Waals surface area contributed by atoms with Crippen LogP contribution in [0.25, 0.3) is 0 Å². The fraction of sp³-hybridized carbons (Fsp3) is 0.429. The Hall–Kier alpha value is -1.69. The largest absolute Gasteiger partial charge is 0.481 e. The van der Waals surface area contributed by atoms with E-state index in [9.17, 15) is 9.59 Å². The first-order chi connectivity index (χ1) is 9.37. The van der Waals surface area contributed by atoms with Gasteiger partial charge in [-0.3, -0.25) is 4.79 Å². The van der Waals surface area contributed by atoms with Gasteiger partial charge < -0.3 is 15.7 Å². The van der Waals surface area contributed by atoms with Crippen LogP contribution in [0.2, 0.25) is 0 Å². The molecule has 0 unspecified atom stereocenters. The number of thioether (sulfide) groups is 1. The normalized spacial score (nSPS) is 10.9. The van der Waals surface area contributed by atoms with Crippen LogP contribution in [-0.4, -0.2) is 35.7 Å². The van der Waals surface area contributed by atoms with Crippen molar-refractivity contribution in [1.82, 2.24) is 5.32 Å². The molecule has 0 aliphatic carbocycles. The lowest BCUT2D eigenvalue weighted by molar-refractivity contribution is -0.142. The minimum atomic E-state index is -0.945. The third-order valence-corrected chi connectivity index (χ3v) is 3.60. The molecule has 3 N–H and O–H groups in total. The Labute approximate surface area is 123 Å². The van der Waals surface area contributed by atoms with Gasteiger partial charge in [-0.2, -0.15) is 11.8 Å². The van der Waals surface area contributed by atoms with E-state index < -0.39 is 11.4 Å². The average Bonchev–Trinajstić information content (AvgIpc) is 2.39. The van der Waals surface area contributed by atoms with Crippen LogP contribution in [0, 0.1) is 0 Å². The summed E-state index contributed by atoms with van der Waals surface area (Å²) in [4.78, 5) is 22.7. The number of amides is 2. The number of urea groups is 1. The quantitative estimate of drug-likeness (QED) is 0.705. The predicted octanol–water partition coefficient (Wildman–Crippen LogP) is 2.53. The standard InChI is InChI=1S/C14H20N2O3S/c1-14(2,12(17)18)10-4-6-11(7-5-10)16-13(19)15-8-9-20-3/h4-7H,8-9H2,1-3H3,(H,17,18)(H2,15,16,19). The second kappa shape index (κ2) is 7.19. The van der Waals surface area contributed by atoms with Crippen LogP contribution < -0.4 is 10.6 Å². The van der Waals surface area contributed by atoms with Crippen LogP contribution in [0.4, 0.5) is 10.5 Å². The zero-order chi connectivity index (χ0) is 15.2. The smallest absolute Gasteiger partial charge is 0.319 e. The summed E-state index contributed by atoms with van der Waals surface area (Å²) in [6.45, 7) is 3.90. The molecule has 0 saturated carbocycles. The van der Waals surface area contributed by atoms with Crippen molar-refractivity contribution in [3.63, 3.8) is 0 Å². The number of carbonyl (C=O) groups is 2. The molecule has 0 radical (unpaired) electrons. The van der Waals surface area contributed by atoms with Gasteiger partial charge in [0.1, 0.15) is 0 Å². The molecule has 0 aromatic heterocycles. The number of hydrogen-bond donors (Lipinski definition) is 3. The minimum absolute atomic E-state index is 0.260. The van der Waals surface area contributed by atoms with Gasteiger partial charge in [-0.1, -0.05) is 12.1 Å². The van der Waals surface area contributed by atoms with Gasteiger partial charge in [-0.05, 0) is 37.8 Å². The van der Waals surface area contributed by atoms with E-state index in [4.69, 9.17) is 5.11 Å². The fourth-order valence-corrected chi connectivity index (χ4v) is 1.84. The zero-order valence-electron chi connectivity index (χ0n) is 11.9. The maximum Gasteiger partial charge on any atom is 0.319 e. The second-order valence-corrected chi connectivity index (χ2v) is 5.87. The van der Waals surface area contributed by atoms with Crippen LogP contribution in [0.5, 0.6) is 0 Å². The number of anilines is 1. The van der Waals surface area contributed by atoms with Gasteiger partial charge in [0.15, 0.2) is 0 Å². The third kappa shape index (κ3) is 4.45. The summed E-state index contributed by atoms with van der Waals surface area (Å²) in [6.07, 6.45) is 1.97. The molecule has 2 amide bonds. The van der Waals surface area contributed by atoms with Crippen molar-refractivity contribution in [2.75, 3.05) is 23.9 Å². The summed E-state index contributed by atoms with van der Waals surface area (Å²) in [5.74, 6) is -0.0212. The Morgan fingerprint density at radius 3 is 2.35 bits per heavy atom. The first-order valence-electron chi connectivity index (χ1n) is 6.25. The van der Waals surface area contributed by atoms with E-state index in [-0.39, 0.29) is 6.03 Å². The van der Waals surface area contributed by atoms with Crippen molar-refractivity contribution in [1.29, 1.82) is 0 Å². The van der Waals surface area contributed by atoms with E-state index >= 15 is 0 Å². The average molecular weight is 296 g/mol. The van der Waals surface area contributed by atoms with E-state index in [1.807, 2.05) is 6.26 Å². The van der Waals surface area contributed by atoms with Gasteiger partial charge in [0.25, 0.3) is 0 Å². The van der Waals surface area contributed by atoms with Crippen LogP contribution in [-0.2, 0) is 10.2 Å². The first kappa shape index (κ1) is 16.4. The van der Waals surface area contributed by atoms with E-state index in [1.165, 1.54) is 0 Å². The first-order valence-corrected chi connectivity index (χ1v) is 7.65. The Morgan fingerprint density at radius 1 is 1.25 bits per heavy atom. The number of nitrogens with one attached hydrogen (secondary N) is 2. The summed E-state index contributed by atoms with van der Waals surface area (Å²) in [6, 6.07) is 6.57. The number of hydrogen-bond acceptors (Lipinski definition) is 3. The molecule has 0 bridgehead atoms. The topological polar surface area (TPSA) is 78.4 Å². The molecule has 1 aromatic rings. The molecular weight excluding hydrogens is 276 g/mol. The number of aliphatic carboxylic acids is 1. The number of benzene rings is 1. The number of carboxylic acid groups (broad SMARTS) is 1. The molecule has 5 nitrogen and oxygen atoms in total. The Kier molecular flexibility index (Phi) is 5.88. The van der Waals surface area contributed by atoms with Crippen LogP contribution in [0.1, 0.15) is 19.4 Å². The van der Waals surface area contributed by atoms with Crippen molar-refractivity contribution >= 4 is 29.4 Å². The molecule has 20 heavy (non-hydrogen) atoms. The Bertz CT molecular complexity index is 472. The summed E-state index contributed by atoms with van der Waals surface area (Å²) < 4.78 is 0. The summed E-state index contributed by atoms with van der Waals surface area (Å²) in [7, 11) is 0. The number of carboxylic acids is 1. The summed E-state index contributed by atoms with van der Waals surface area (Å²) in [5.41, 5.74) is 0.383. The minimum Gasteiger partial charge on any atom is -0.481 e. The van der Waals surface area contributed by atoms with Crippen LogP contribution >= 0.6 is 11.8 Å². The molecule has 0 saturated heterocycles. The van der Waals surface area contributed by atoms with Crippen molar-refractivity contribution < 1.29 is 14.7 Å². The fourth-order valence-electron chi connectivity index (χ4n) is 1.54. The molecule has 6 heteroatoms. The molecule has 0 fully saturated rings. The molecule has 0 spiro atoms. The SMILES string of the molecule is CSCCNC(=O)Nc1ccc(C(C)(C)C(=O)O)cc1. The zero-order valence-corrected chi connectivity index (χ0v) is 12.7. The van der Waals surface area contributed by atoms with Crippen LogP contribution in [0.15, 0.2) is 24.3 Å². The molecule has 0 heterocycles. The maximum atomic E-state index is 11.6. The van der Waals surface area contributed by atoms with E-state index in [0.717, 1.165) is 5.75 Å². The van der Waals surface area contributed by atoms with Crippen molar-refractivity contribution in [3.05, 3.63) is 29.8 Å². The monoisotopic (exact) mass is 296 g/mol. The summed E-state index contributed by atoms with van der Waals surface area (Å²) >= 11 is 1.66. The molecule has 0 atom stereocenters. The molecule has 1 rings (SSSR count). The third-order valence-electron chi connectivity index (χ3n) is 2.99. The number of rotatable bonds is 6. The van der Waals surface area contributed by atoms with Crippen molar-refractivity contribution in [2.45, 2.75) is 19.3 Å². The van der Waals surface area contributed by atoms with Gasteiger partial charge in [0, 0.05) is 18.0 Å². The van der Waals surface area contributed by atoms with Gasteiger partial charge in [-0.15, -0.1) is 0 Å². The summed E-state index contributed by atoms with van der Waals surface area (Å²) in [5, 5.41) is 14.6. The molecule has 1 aromatic carbocycles. The van der Waals surface area contributed by atoms with E-state index in [1.54, 1.807) is 49.9 Å². The molecule has 0 aliphatic rings. The van der Waals surface area contributed by atoms with Crippen molar-refractivity contribution in [2.24, 2.45) is 0 Å². The molecule has 110 valence electrons. The Balaban J connectivity index is 2.63. The maximum absolute atomic E-state index is 11.6. The highest BCUT2D eigenvalue weighted by Gasteiger charge is 2.29. The van der Waals surface area contributed by atoms with Crippen molar-refractivity contribution in [3.8, 4) is 0 Å². The van der Waals surface area contributed by atoms with Gasteiger partial charge in [-0.25, -0.2) is 4.79 Å². The number of carbonyl (C=O) groups excluding carboxylic acids is 1. The lowest BCUT2D eigenvalue weighted by Crippen LogP contribution is -2.30. The van der Waals surface area contributed by atoms with Gasteiger partial charge in [0.05, 0.1) is 5.41 Å². The lowest BCUT2D eigenvalue weighted by Gasteiger charge is -2.19. The highest BCUT2D eigenvalue weighted by Crippen LogP contribution is 2.24. The van der Waals surface area contributed by atoms with E-state index in [2.05, 4.69) is 10.6 Å².